The molecule has 0 aliphatic carbocycles. The second-order valence-corrected chi connectivity index (χ2v) is 4.47. The third kappa shape index (κ3) is 2.35. The quantitative estimate of drug-likeness (QED) is 0.806. The van der Waals surface area contributed by atoms with E-state index in [2.05, 4.69) is 25.8 Å². The summed E-state index contributed by atoms with van der Waals surface area (Å²) in [5, 5.41) is 8.87. The molecular formula is C11H19NO2. The van der Waals surface area contributed by atoms with Gasteiger partial charge >= 0.3 is 0 Å². The van der Waals surface area contributed by atoms with E-state index in [0.717, 1.165) is 23.8 Å². The predicted molar refractivity (Wildman–Crippen MR) is 55.4 cm³/mol. The largest absolute Gasteiger partial charge is 0.445 e. The smallest absolute Gasteiger partial charge is 0.200 e. The van der Waals surface area contributed by atoms with Gasteiger partial charge in [0, 0.05) is 24.9 Å². The SMILES string of the molecule is CCc1oc(C(C)(C)C)nc1CCO. The van der Waals surface area contributed by atoms with Crippen LogP contribution in [-0.2, 0) is 18.3 Å². The summed E-state index contributed by atoms with van der Waals surface area (Å²) in [4.78, 5) is 4.42. The highest BCUT2D eigenvalue weighted by Crippen LogP contribution is 2.24. The Morgan fingerprint density at radius 3 is 2.43 bits per heavy atom. The highest BCUT2D eigenvalue weighted by atomic mass is 16.4. The minimum Gasteiger partial charge on any atom is -0.445 e. The Morgan fingerprint density at radius 2 is 2.00 bits per heavy atom. The van der Waals surface area contributed by atoms with E-state index < -0.39 is 0 Å². The summed E-state index contributed by atoms with van der Waals surface area (Å²) in [6.07, 6.45) is 1.42. The normalized spacial score (nSPS) is 12.1. The Bertz CT molecular complexity index is 297. The van der Waals surface area contributed by atoms with E-state index >= 15 is 0 Å². The third-order valence-corrected chi connectivity index (χ3v) is 2.09. The van der Waals surface area contributed by atoms with Crippen molar-refractivity contribution in [2.75, 3.05) is 6.61 Å². The van der Waals surface area contributed by atoms with Gasteiger partial charge in [-0.25, -0.2) is 4.98 Å². The Kier molecular flexibility index (Phi) is 3.32. The highest BCUT2D eigenvalue weighted by Gasteiger charge is 2.22. The summed E-state index contributed by atoms with van der Waals surface area (Å²) in [7, 11) is 0. The molecule has 0 spiro atoms. The Morgan fingerprint density at radius 1 is 1.36 bits per heavy atom. The zero-order valence-corrected chi connectivity index (χ0v) is 9.42. The molecule has 1 N–H and O–H groups in total. The summed E-state index contributed by atoms with van der Waals surface area (Å²) in [5.74, 6) is 1.67. The van der Waals surface area contributed by atoms with Gasteiger partial charge in [-0.05, 0) is 0 Å². The molecule has 0 fully saturated rings. The summed E-state index contributed by atoms with van der Waals surface area (Å²) in [6.45, 7) is 8.37. The number of oxazole rings is 1. The molecule has 0 aliphatic rings. The molecule has 80 valence electrons. The fourth-order valence-electron chi connectivity index (χ4n) is 1.28. The van der Waals surface area contributed by atoms with Crippen molar-refractivity contribution in [1.29, 1.82) is 0 Å². The van der Waals surface area contributed by atoms with E-state index in [4.69, 9.17) is 9.52 Å². The standard InChI is InChI=1S/C11H19NO2/c1-5-9-8(6-7-13)12-10(14-9)11(2,3)4/h13H,5-7H2,1-4H3. The van der Waals surface area contributed by atoms with Crippen LogP contribution in [0.15, 0.2) is 4.42 Å². The number of aromatic nitrogens is 1. The summed E-state index contributed by atoms with van der Waals surface area (Å²) in [6, 6.07) is 0. The minimum atomic E-state index is -0.0579. The summed E-state index contributed by atoms with van der Waals surface area (Å²) >= 11 is 0. The maximum Gasteiger partial charge on any atom is 0.200 e. The molecule has 3 heteroatoms. The summed E-state index contributed by atoms with van der Waals surface area (Å²) in [5.41, 5.74) is 0.845. The van der Waals surface area contributed by atoms with Gasteiger partial charge in [-0.15, -0.1) is 0 Å². The van der Waals surface area contributed by atoms with Crippen molar-refractivity contribution >= 4 is 0 Å². The van der Waals surface area contributed by atoms with Crippen LogP contribution >= 0.6 is 0 Å². The van der Waals surface area contributed by atoms with Crippen molar-refractivity contribution in [1.82, 2.24) is 4.98 Å². The van der Waals surface area contributed by atoms with Crippen molar-refractivity contribution in [2.45, 2.75) is 46.0 Å². The first-order valence-corrected chi connectivity index (χ1v) is 5.09. The van der Waals surface area contributed by atoms with Crippen molar-refractivity contribution in [2.24, 2.45) is 0 Å². The van der Waals surface area contributed by atoms with Crippen LogP contribution in [0.4, 0.5) is 0 Å². The first kappa shape index (κ1) is 11.2. The van der Waals surface area contributed by atoms with Gasteiger partial charge in [0.1, 0.15) is 5.76 Å². The number of rotatable bonds is 3. The molecule has 0 radical (unpaired) electrons. The monoisotopic (exact) mass is 197 g/mol. The lowest BCUT2D eigenvalue weighted by atomic mass is 9.97. The molecule has 14 heavy (non-hydrogen) atoms. The summed E-state index contributed by atoms with van der Waals surface area (Å²) < 4.78 is 5.66. The molecule has 0 amide bonds. The second-order valence-electron chi connectivity index (χ2n) is 4.47. The van der Waals surface area contributed by atoms with Gasteiger partial charge in [-0.2, -0.15) is 0 Å². The molecular weight excluding hydrogens is 178 g/mol. The fourth-order valence-corrected chi connectivity index (χ4v) is 1.28. The van der Waals surface area contributed by atoms with Crippen molar-refractivity contribution in [3.63, 3.8) is 0 Å². The second kappa shape index (κ2) is 4.13. The minimum absolute atomic E-state index is 0.0579. The number of aliphatic hydroxyl groups excluding tert-OH is 1. The van der Waals surface area contributed by atoms with E-state index in [0.29, 0.717) is 6.42 Å². The first-order valence-electron chi connectivity index (χ1n) is 5.09. The van der Waals surface area contributed by atoms with Crippen LogP contribution in [-0.4, -0.2) is 16.7 Å². The molecule has 0 bridgehead atoms. The third-order valence-electron chi connectivity index (χ3n) is 2.09. The van der Waals surface area contributed by atoms with Crippen molar-refractivity contribution < 1.29 is 9.52 Å². The van der Waals surface area contributed by atoms with Crippen LogP contribution in [0.2, 0.25) is 0 Å². The molecule has 1 rings (SSSR count). The van der Waals surface area contributed by atoms with E-state index in [1.54, 1.807) is 0 Å². The van der Waals surface area contributed by atoms with E-state index in [9.17, 15) is 0 Å². The number of hydrogen-bond donors (Lipinski definition) is 1. The highest BCUT2D eigenvalue weighted by molar-refractivity contribution is 5.13. The van der Waals surface area contributed by atoms with Gasteiger partial charge in [0.2, 0.25) is 0 Å². The number of nitrogens with zero attached hydrogens (tertiary/aromatic N) is 1. The lowest BCUT2D eigenvalue weighted by Crippen LogP contribution is -2.11. The Hall–Kier alpha value is -0.830. The van der Waals surface area contributed by atoms with E-state index in [1.807, 2.05) is 6.92 Å². The van der Waals surface area contributed by atoms with Crippen LogP contribution in [0.25, 0.3) is 0 Å². The number of aryl methyl sites for hydroxylation is 1. The average molecular weight is 197 g/mol. The molecule has 3 nitrogen and oxygen atoms in total. The molecule has 0 aliphatic heterocycles. The molecule has 1 heterocycles. The molecule has 0 unspecified atom stereocenters. The maximum absolute atomic E-state index is 8.87. The molecule has 0 aromatic carbocycles. The molecule has 0 saturated heterocycles. The van der Waals surface area contributed by atoms with E-state index in [1.165, 1.54) is 0 Å². The van der Waals surface area contributed by atoms with Gasteiger partial charge in [-0.3, -0.25) is 0 Å². The Labute approximate surface area is 85.2 Å². The Balaban J connectivity index is 3.00. The van der Waals surface area contributed by atoms with E-state index in [-0.39, 0.29) is 12.0 Å². The van der Waals surface area contributed by atoms with Crippen molar-refractivity contribution in [3.05, 3.63) is 17.3 Å². The topological polar surface area (TPSA) is 46.3 Å². The van der Waals surface area contributed by atoms with Crippen LogP contribution in [0.1, 0.15) is 45.0 Å². The van der Waals surface area contributed by atoms with Gasteiger partial charge in [-0.1, -0.05) is 27.7 Å². The van der Waals surface area contributed by atoms with Gasteiger partial charge in [0.15, 0.2) is 5.89 Å². The lowest BCUT2D eigenvalue weighted by Gasteiger charge is -2.11. The first-order chi connectivity index (χ1) is 6.49. The number of aliphatic hydroxyl groups is 1. The van der Waals surface area contributed by atoms with Crippen LogP contribution in [0.5, 0.6) is 0 Å². The molecule has 0 atom stereocenters. The molecule has 1 aromatic heterocycles. The van der Waals surface area contributed by atoms with Crippen LogP contribution < -0.4 is 0 Å². The molecule has 1 aromatic rings. The average Bonchev–Trinajstić information content (AvgIpc) is 2.47. The number of hydrogen-bond acceptors (Lipinski definition) is 3. The van der Waals surface area contributed by atoms with Crippen LogP contribution in [0, 0.1) is 0 Å². The van der Waals surface area contributed by atoms with Gasteiger partial charge in [0.05, 0.1) is 5.69 Å². The fraction of sp³-hybridized carbons (Fsp3) is 0.727. The van der Waals surface area contributed by atoms with Crippen molar-refractivity contribution in [3.8, 4) is 0 Å². The molecule has 0 saturated carbocycles. The zero-order chi connectivity index (χ0) is 10.8. The lowest BCUT2D eigenvalue weighted by molar-refractivity contribution is 0.297. The van der Waals surface area contributed by atoms with Gasteiger partial charge in [0.25, 0.3) is 0 Å². The predicted octanol–water partition coefficient (Wildman–Crippen LogP) is 2.07. The zero-order valence-electron chi connectivity index (χ0n) is 9.42. The van der Waals surface area contributed by atoms with Gasteiger partial charge < -0.3 is 9.52 Å². The maximum atomic E-state index is 8.87. The van der Waals surface area contributed by atoms with Crippen LogP contribution in [0.3, 0.4) is 0 Å².